The highest BCUT2D eigenvalue weighted by molar-refractivity contribution is 7.98. The summed E-state index contributed by atoms with van der Waals surface area (Å²) in [5.74, 6) is -0.566. The molecule has 27 heavy (non-hydrogen) atoms. The number of carbonyl (C=O) groups is 2. The standard InChI is InChI=1S/C22H27NO3S/c1-5-13(2)26-22(25)19-14(3)23-17-7-6-8-18(24)21(17)20(19)15-9-11-16(27-4)12-10-15/h9-13,20,23H,5-8H2,1-4H3/t13-,20-/m1/s1. The van der Waals surface area contributed by atoms with Gasteiger partial charge in [-0.15, -0.1) is 11.8 Å². The van der Waals surface area contributed by atoms with Crippen molar-refractivity contribution in [1.82, 2.24) is 5.32 Å². The van der Waals surface area contributed by atoms with Crippen molar-refractivity contribution in [3.8, 4) is 0 Å². The molecule has 0 saturated heterocycles. The van der Waals surface area contributed by atoms with Crippen molar-refractivity contribution < 1.29 is 14.3 Å². The largest absolute Gasteiger partial charge is 0.459 e. The summed E-state index contributed by atoms with van der Waals surface area (Å²) in [6.45, 7) is 5.78. The molecule has 0 aromatic heterocycles. The molecule has 1 aromatic rings. The van der Waals surface area contributed by atoms with Gasteiger partial charge in [0.2, 0.25) is 0 Å². The molecule has 0 saturated carbocycles. The third-order valence-electron chi connectivity index (χ3n) is 5.33. The second-order valence-corrected chi connectivity index (χ2v) is 8.04. The van der Waals surface area contributed by atoms with Gasteiger partial charge >= 0.3 is 5.97 Å². The van der Waals surface area contributed by atoms with Crippen molar-refractivity contribution in [3.63, 3.8) is 0 Å². The molecule has 0 radical (unpaired) electrons. The minimum atomic E-state index is -0.360. The summed E-state index contributed by atoms with van der Waals surface area (Å²) in [7, 11) is 0. The predicted octanol–water partition coefficient (Wildman–Crippen LogP) is 4.72. The molecule has 0 fully saturated rings. The molecule has 0 amide bonds. The zero-order valence-corrected chi connectivity index (χ0v) is 17.2. The summed E-state index contributed by atoms with van der Waals surface area (Å²) in [5.41, 5.74) is 4.01. The topological polar surface area (TPSA) is 55.4 Å². The van der Waals surface area contributed by atoms with Gasteiger partial charge in [0, 0.05) is 34.2 Å². The molecule has 4 nitrogen and oxygen atoms in total. The Hall–Kier alpha value is -2.01. The van der Waals surface area contributed by atoms with Crippen molar-refractivity contribution in [2.75, 3.05) is 6.26 Å². The first-order valence-corrected chi connectivity index (χ1v) is 10.8. The first-order valence-electron chi connectivity index (χ1n) is 9.55. The number of rotatable bonds is 5. The first kappa shape index (κ1) is 19.7. The lowest BCUT2D eigenvalue weighted by molar-refractivity contribution is -0.144. The zero-order chi connectivity index (χ0) is 19.6. The molecular formula is C22H27NO3S. The lowest BCUT2D eigenvalue weighted by atomic mass is 9.75. The van der Waals surface area contributed by atoms with Crippen molar-refractivity contribution in [2.24, 2.45) is 0 Å². The van der Waals surface area contributed by atoms with E-state index in [1.807, 2.05) is 51.3 Å². The molecule has 0 spiro atoms. The fourth-order valence-electron chi connectivity index (χ4n) is 3.71. The fourth-order valence-corrected chi connectivity index (χ4v) is 4.12. The Balaban J connectivity index is 2.08. The van der Waals surface area contributed by atoms with Crippen LogP contribution in [0.3, 0.4) is 0 Å². The van der Waals surface area contributed by atoms with E-state index in [0.29, 0.717) is 12.0 Å². The van der Waals surface area contributed by atoms with Crippen LogP contribution in [-0.2, 0) is 14.3 Å². The van der Waals surface area contributed by atoms with E-state index in [-0.39, 0.29) is 23.8 Å². The number of hydrogen-bond acceptors (Lipinski definition) is 5. The lowest BCUT2D eigenvalue weighted by Crippen LogP contribution is -2.35. The molecule has 3 rings (SSSR count). The third kappa shape index (κ3) is 3.98. The average Bonchev–Trinajstić information content (AvgIpc) is 2.67. The minimum Gasteiger partial charge on any atom is -0.459 e. The fraction of sp³-hybridized carbons (Fsp3) is 0.455. The Kier molecular flexibility index (Phi) is 6.10. The van der Waals surface area contributed by atoms with Crippen molar-refractivity contribution >= 4 is 23.5 Å². The van der Waals surface area contributed by atoms with Crippen LogP contribution < -0.4 is 5.32 Å². The molecule has 0 unspecified atom stereocenters. The molecule has 144 valence electrons. The maximum absolute atomic E-state index is 13.0. The zero-order valence-electron chi connectivity index (χ0n) is 16.4. The molecule has 1 N–H and O–H groups in total. The molecule has 0 bridgehead atoms. The van der Waals surface area contributed by atoms with Gasteiger partial charge in [0.1, 0.15) is 0 Å². The Morgan fingerprint density at radius 2 is 2.00 bits per heavy atom. The average molecular weight is 386 g/mol. The maximum atomic E-state index is 13.0. The van der Waals surface area contributed by atoms with Crippen LogP contribution in [0.1, 0.15) is 57.9 Å². The second kappa shape index (κ2) is 8.34. The summed E-state index contributed by atoms with van der Waals surface area (Å²) in [5, 5.41) is 3.33. The van der Waals surface area contributed by atoms with Crippen LogP contribution in [0.15, 0.2) is 51.7 Å². The van der Waals surface area contributed by atoms with Gasteiger partial charge in [-0.1, -0.05) is 19.1 Å². The van der Waals surface area contributed by atoms with Crippen LogP contribution in [0.2, 0.25) is 0 Å². The monoisotopic (exact) mass is 385 g/mol. The van der Waals surface area contributed by atoms with Crippen LogP contribution >= 0.6 is 11.8 Å². The van der Waals surface area contributed by atoms with E-state index in [1.165, 1.54) is 0 Å². The highest BCUT2D eigenvalue weighted by Gasteiger charge is 2.39. The maximum Gasteiger partial charge on any atom is 0.337 e. The molecule has 1 aliphatic heterocycles. The summed E-state index contributed by atoms with van der Waals surface area (Å²) < 4.78 is 5.65. The number of ketones is 1. The van der Waals surface area contributed by atoms with E-state index in [1.54, 1.807) is 11.8 Å². The van der Waals surface area contributed by atoms with E-state index in [2.05, 4.69) is 5.32 Å². The number of benzene rings is 1. The van der Waals surface area contributed by atoms with Crippen molar-refractivity contribution in [3.05, 3.63) is 52.4 Å². The number of hydrogen-bond donors (Lipinski definition) is 1. The van der Waals surface area contributed by atoms with Gasteiger partial charge in [-0.3, -0.25) is 4.79 Å². The van der Waals surface area contributed by atoms with Gasteiger partial charge in [0.05, 0.1) is 11.7 Å². The number of carbonyl (C=O) groups excluding carboxylic acids is 2. The van der Waals surface area contributed by atoms with Crippen LogP contribution in [0.25, 0.3) is 0 Å². The number of dihydropyridines is 1. The first-order chi connectivity index (χ1) is 13.0. The number of nitrogens with one attached hydrogen (secondary N) is 1. The lowest BCUT2D eigenvalue weighted by Gasteiger charge is -2.34. The van der Waals surface area contributed by atoms with E-state index < -0.39 is 0 Å². The van der Waals surface area contributed by atoms with Crippen molar-refractivity contribution in [1.29, 1.82) is 0 Å². The van der Waals surface area contributed by atoms with E-state index in [9.17, 15) is 9.59 Å². The molecule has 2 aliphatic rings. The highest BCUT2D eigenvalue weighted by Crippen LogP contribution is 2.42. The highest BCUT2D eigenvalue weighted by atomic mass is 32.2. The van der Waals surface area contributed by atoms with Gasteiger partial charge in [-0.2, -0.15) is 0 Å². The summed E-state index contributed by atoms with van der Waals surface area (Å²) >= 11 is 1.67. The van der Waals surface area contributed by atoms with E-state index in [4.69, 9.17) is 4.74 Å². The van der Waals surface area contributed by atoms with Crippen LogP contribution in [0.4, 0.5) is 0 Å². The number of allylic oxidation sites excluding steroid dienone is 3. The smallest absolute Gasteiger partial charge is 0.337 e. The second-order valence-electron chi connectivity index (χ2n) is 7.16. The Bertz CT molecular complexity index is 807. The van der Waals surface area contributed by atoms with Gasteiger partial charge in [-0.25, -0.2) is 4.79 Å². The Morgan fingerprint density at radius 1 is 1.30 bits per heavy atom. The van der Waals surface area contributed by atoms with Gasteiger partial charge in [0.25, 0.3) is 0 Å². The predicted molar refractivity (Wildman–Crippen MR) is 109 cm³/mol. The molecular weight excluding hydrogens is 358 g/mol. The number of ether oxygens (including phenoxy) is 1. The van der Waals surface area contributed by atoms with Gasteiger partial charge in [0.15, 0.2) is 5.78 Å². The number of esters is 1. The van der Waals surface area contributed by atoms with Crippen LogP contribution in [0, 0.1) is 0 Å². The third-order valence-corrected chi connectivity index (χ3v) is 6.07. The number of Topliss-reactive ketones (excluding diaryl/α,β-unsaturated/α-hetero) is 1. The number of thioether (sulfide) groups is 1. The Morgan fingerprint density at radius 3 is 2.63 bits per heavy atom. The summed E-state index contributed by atoms with van der Waals surface area (Å²) in [4.78, 5) is 27.0. The Labute approximate surface area is 165 Å². The quantitative estimate of drug-likeness (QED) is 0.587. The van der Waals surface area contributed by atoms with Gasteiger partial charge in [-0.05, 0) is 57.1 Å². The molecule has 1 heterocycles. The van der Waals surface area contributed by atoms with Crippen LogP contribution in [-0.4, -0.2) is 24.1 Å². The van der Waals surface area contributed by atoms with Gasteiger partial charge < -0.3 is 10.1 Å². The summed E-state index contributed by atoms with van der Waals surface area (Å²) in [6.07, 6.45) is 4.85. The molecule has 1 aromatic carbocycles. The molecule has 2 atom stereocenters. The SMILES string of the molecule is CC[C@@H](C)OC(=O)C1=C(C)NC2=C(C(=O)CCC2)[C@@H]1c1ccc(SC)cc1. The van der Waals surface area contributed by atoms with Crippen molar-refractivity contribution in [2.45, 2.75) is 63.4 Å². The van der Waals surface area contributed by atoms with E-state index >= 15 is 0 Å². The molecule has 5 heteroatoms. The van der Waals surface area contributed by atoms with Crippen LogP contribution in [0.5, 0.6) is 0 Å². The summed E-state index contributed by atoms with van der Waals surface area (Å²) in [6, 6.07) is 8.14. The minimum absolute atomic E-state index is 0.129. The van der Waals surface area contributed by atoms with E-state index in [0.717, 1.165) is 46.7 Å². The molecule has 1 aliphatic carbocycles. The normalized spacial score (nSPS) is 20.9.